The Bertz CT molecular complexity index is 389. The molecule has 4 amide bonds. The smallest absolute Gasteiger partial charge is 0.325 e. The van der Waals surface area contributed by atoms with Crippen LogP contribution in [-0.2, 0) is 14.3 Å². The van der Waals surface area contributed by atoms with Gasteiger partial charge in [0, 0.05) is 26.7 Å². The third-order valence-electron chi connectivity index (χ3n) is 2.85. The van der Waals surface area contributed by atoms with E-state index in [1.165, 1.54) is 0 Å². The van der Waals surface area contributed by atoms with Crippen LogP contribution in [0.1, 0.15) is 13.8 Å². The average Bonchev–Trinajstić information content (AvgIpc) is 2.56. The van der Waals surface area contributed by atoms with Gasteiger partial charge in [0.2, 0.25) is 5.91 Å². The summed E-state index contributed by atoms with van der Waals surface area (Å²) in [6.45, 7) is 5.28. The summed E-state index contributed by atoms with van der Waals surface area (Å²) in [5, 5.41) is 8.23. The van der Waals surface area contributed by atoms with Crippen molar-refractivity contribution in [2.45, 2.75) is 19.4 Å². The maximum absolute atomic E-state index is 11.9. The molecule has 21 heavy (non-hydrogen) atoms. The molecule has 3 N–H and O–H groups in total. The zero-order valence-electron chi connectivity index (χ0n) is 12.5. The molecule has 1 aliphatic heterocycles. The van der Waals surface area contributed by atoms with Crippen LogP contribution >= 0.6 is 12.4 Å². The van der Waals surface area contributed by atoms with E-state index in [2.05, 4.69) is 16.0 Å². The van der Waals surface area contributed by atoms with Crippen molar-refractivity contribution in [1.29, 1.82) is 0 Å². The summed E-state index contributed by atoms with van der Waals surface area (Å²) in [5.74, 6) is -0.754. The second-order valence-corrected chi connectivity index (χ2v) is 5.04. The van der Waals surface area contributed by atoms with Crippen molar-refractivity contribution in [2.24, 2.45) is 0 Å². The Labute approximate surface area is 130 Å². The van der Waals surface area contributed by atoms with Crippen LogP contribution in [0.4, 0.5) is 4.79 Å². The predicted molar refractivity (Wildman–Crippen MR) is 79.3 cm³/mol. The van der Waals surface area contributed by atoms with E-state index in [1.54, 1.807) is 21.0 Å². The summed E-state index contributed by atoms with van der Waals surface area (Å²) in [6, 6.07) is -0.534. The largest absolute Gasteiger partial charge is 0.383 e. The number of urea groups is 1. The number of imide groups is 1. The maximum atomic E-state index is 11.9. The number of methoxy groups -OCH3 is 1. The van der Waals surface area contributed by atoms with Crippen molar-refractivity contribution in [1.82, 2.24) is 20.9 Å². The van der Waals surface area contributed by atoms with Gasteiger partial charge in [-0.3, -0.25) is 14.5 Å². The summed E-state index contributed by atoms with van der Waals surface area (Å²) in [4.78, 5) is 36.0. The lowest BCUT2D eigenvalue weighted by molar-refractivity contribution is -0.134. The van der Waals surface area contributed by atoms with Crippen LogP contribution in [0.3, 0.4) is 0 Å². The lowest BCUT2D eigenvalue weighted by Gasteiger charge is -2.15. The van der Waals surface area contributed by atoms with Gasteiger partial charge in [-0.05, 0) is 13.8 Å². The molecule has 8 nitrogen and oxygen atoms in total. The van der Waals surface area contributed by atoms with E-state index in [0.29, 0.717) is 26.2 Å². The normalized spacial score (nSPS) is 16.4. The minimum Gasteiger partial charge on any atom is -0.383 e. The van der Waals surface area contributed by atoms with Gasteiger partial charge in [-0.15, -0.1) is 12.4 Å². The molecule has 0 aromatic carbocycles. The van der Waals surface area contributed by atoms with Gasteiger partial charge in [-0.25, -0.2) is 4.79 Å². The Morgan fingerprint density at radius 3 is 2.48 bits per heavy atom. The van der Waals surface area contributed by atoms with E-state index in [1.807, 2.05) is 0 Å². The molecular formula is C12H23ClN4O4. The van der Waals surface area contributed by atoms with E-state index in [4.69, 9.17) is 4.74 Å². The maximum Gasteiger partial charge on any atom is 0.325 e. The molecular weight excluding hydrogens is 300 g/mol. The summed E-state index contributed by atoms with van der Waals surface area (Å²) in [6.07, 6.45) is 0. The second kappa shape index (κ2) is 8.81. The average molecular weight is 323 g/mol. The van der Waals surface area contributed by atoms with E-state index in [-0.39, 0.29) is 24.9 Å². The molecule has 9 heteroatoms. The van der Waals surface area contributed by atoms with Crippen LogP contribution in [0.5, 0.6) is 0 Å². The fraction of sp³-hybridized carbons (Fsp3) is 0.750. The monoisotopic (exact) mass is 322 g/mol. The zero-order valence-corrected chi connectivity index (χ0v) is 13.3. The molecule has 0 unspecified atom stereocenters. The molecule has 1 fully saturated rings. The van der Waals surface area contributed by atoms with E-state index in [9.17, 15) is 14.4 Å². The Balaban J connectivity index is 0.00000400. The highest BCUT2D eigenvalue weighted by Gasteiger charge is 2.44. The number of carbonyl (C=O) groups excluding carboxylic acids is 3. The van der Waals surface area contributed by atoms with E-state index in [0.717, 1.165) is 4.90 Å². The zero-order chi connectivity index (χ0) is 15.2. The topological polar surface area (TPSA) is 99.8 Å². The first-order chi connectivity index (χ1) is 9.38. The van der Waals surface area contributed by atoms with Gasteiger partial charge in [0.15, 0.2) is 0 Å². The molecule has 1 saturated heterocycles. The first-order valence-electron chi connectivity index (χ1n) is 6.49. The number of amides is 4. The highest BCUT2D eigenvalue weighted by Crippen LogP contribution is 2.15. The predicted octanol–water partition coefficient (Wildman–Crippen LogP) is -0.909. The Kier molecular flexibility index (Phi) is 8.23. The van der Waals surface area contributed by atoms with Gasteiger partial charge in [0.1, 0.15) is 12.1 Å². The van der Waals surface area contributed by atoms with Gasteiger partial charge >= 0.3 is 6.03 Å². The highest BCUT2D eigenvalue weighted by atomic mass is 35.5. The minimum atomic E-state index is -0.945. The van der Waals surface area contributed by atoms with E-state index >= 15 is 0 Å². The van der Waals surface area contributed by atoms with Crippen molar-refractivity contribution in [3.63, 3.8) is 0 Å². The molecule has 0 saturated carbocycles. The molecule has 1 rings (SSSR count). The fourth-order valence-corrected chi connectivity index (χ4v) is 1.75. The van der Waals surface area contributed by atoms with Crippen molar-refractivity contribution < 1.29 is 19.1 Å². The third-order valence-corrected chi connectivity index (χ3v) is 2.85. The summed E-state index contributed by atoms with van der Waals surface area (Å²) < 4.78 is 4.86. The number of nitrogens with one attached hydrogen (secondary N) is 3. The molecule has 0 bridgehead atoms. The number of hydrogen-bond acceptors (Lipinski definition) is 5. The van der Waals surface area contributed by atoms with Gasteiger partial charge in [0.05, 0.1) is 6.61 Å². The van der Waals surface area contributed by atoms with Crippen molar-refractivity contribution in [3.05, 3.63) is 0 Å². The Morgan fingerprint density at radius 2 is 1.95 bits per heavy atom. The van der Waals surface area contributed by atoms with Crippen molar-refractivity contribution in [3.8, 4) is 0 Å². The van der Waals surface area contributed by atoms with Crippen LogP contribution in [0, 0.1) is 0 Å². The first-order valence-corrected chi connectivity index (χ1v) is 6.49. The van der Waals surface area contributed by atoms with Crippen molar-refractivity contribution >= 4 is 30.3 Å². The van der Waals surface area contributed by atoms with Crippen LogP contribution in [-0.4, -0.2) is 68.2 Å². The number of nitrogens with zero attached hydrogens (tertiary/aromatic N) is 1. The molecule has 0 atom stereocenters. The quantitative estimate of drug-likeness (QED) is 0.397. The van der Waals surface area contributed by atoms with E-state index < -0.39 is 17.5 Å². The number of ether oxygens (including phenoxy) is 1. The van der Waals surface area contributed by atoms with Crippen LogP contribution in [0.2, 0.25) is 0 Å². The lowest BCUT2D eigenvalue weighted by atomic mass is 10.1. The Hall–Kier alpha value is -1.38. The molecule has 0 aliphatic carbocycles. The summed E-state index contributed by atoms with van der Waals surface area (Å²) in [5.41, 5.74) is -0.945. The highest BCUT2D eigenvalue weighted by molar-refractivity contribution is 6.08. The minimum absolute atomic E-state index is 0. The fourth-order valence-electron chi connectivity index (χ4n) is 1.75. The van der Waals surface area contributed by atoms with Gasteiger partial charge in [0.25, 0.3) is 5.91 Å². The van der Waals surface area contributed by atoms with Crippen LogP contribution < -0.4 is 16.0 Å². The standard InChI is InChI=1S/C12H22N4O4.ClH/c1-12(2)10(18)16(11(19)15-12)8-9(17)14-5-4-13-6-7-20-3;/h13H,4-8H2,1-3H3,(H,14,17)(H,15,19);1H. The molecule has 1 heterocycles. The first kappa shape index (κ1) is 19.6. The molecule has 0 aromatic rings. The molecule has 0 spiro atoms. The summed E-state index contributed by atoms with van der Waals surface area (Å²) in [7, 11) is 1.61. The number of carbonyl (C=O) groups is 3. The van der Waals surface area contributed by atoms with Crippen LogP contribution in [0.25, 0.3) is 0 Å². The van der Waals surface area contributed by atoms with Crippen molar-refractivity contribution in [2.75, 3.05) is 39.9 Å². The van der Waals surface area contributed by atoms with Gasteiger partial charge in [-0.1, -0.05) is 0 Å². The number of rotatable bonds is 8. The SMILES string of the molecule is COCCNCCNC(=O)CN1C(=O)NC(C)(C)C1=O.Cl. The molecule has 0 aromatic heterocycles. The van der Waals surface area contributed by atoms with Gasteiger partial charge in [-0.2, -0.15) is 0 Å². The molecule has 122 valence electrons. The lowest BCUT2D eigenvalue weighted by Crippen LogP contribution is -2.44. The summed E-state index contributed by atoms with van der Waals surface area (Å²) >= 11 is 0. The Morgan fingerprint density at radius 1 is 1.29 bits per heavy atom. The molecule has 0 radical (unpaired) electrons. The second-order valence-electron chi connectivity index (χ2n) is 5.04. The molecule has 1 aliphatic rings. The third kappa shape index (κ3) is 5.86. The van der Waals surface area contributed by atoms with Crippen LogP contribution in [0.15, 0.2) is 0 Å². The van der Waals surface area contributed by atoms with Gasteiger partial charge < -0.3 is 20.7 Å². The number of hydrogen-bond donors (Lipinski definition) is 3. The number of halogens is 1.